The van der Waals surface area contributed by atoms with E-state index in [2.05, 4.69) is 10.6 Å². The van der Waals surface area contributed by atoms with E-state index < -0.39 is 6.10 Å². The number of ether oxygens (including phenoxy) is 1. The minimum atomic E-state index is -0.867. The first kappa shape index (κ1) is 16.0. The highest BCUT2D eigenvalue weighted by atomic mass is 19.1. The van der Waals surface area contributed by atoms with Gasteiger partial charge in [-0.05, 0) is 42.3 Å². The number of benzene rings is 2. The van der Waals surface area contributed by atoms with Crippen molar-refractivity contribution < 1.29 is 18.7 Å². The average Bonchev–Trinajstić information content (AvgIpc) is 2.55. The van der Waals surface area contributed by atoms with Crippen molar-refractivity contribution in [2.75, 3.05) is 5.32 Å². The van der Waals surface area contributed by atoms with Crippen LogP contribution in [-0.2, 0) is 16.1 Å². The first-order chi connectivity index (χ1) is 11.5. The molecule has 0 radical (unpaired) electrons. The van der Waals surface area contributed by atoms with Crippen LogP contribution in [0, 0.1) is 12.7 Å². The van der Waals surface area contributed by atoms with Gasteiger partial charge in [-0.3, -0.25) is 9.59 Å². The van der Waals surface area contributed by atoms with Crippen LogP contribution in [0.1, 0.15) is 17.5 Å². The molecule has 2 aromatic rings. The maximum Gasteiger partial charge on any atom is 0.266 e. The van der Waals surface area contributed by atoms with E-state index in [0.29, 0.717) is 11.4 Å². The fourth-order valence-corrected chi connectivity index (χ4v) is 2.44. The Morgan fingerprint density at radius 3 is 2.75 bits per heavy atom. The zero-order valence-electron chi connectivity index (χ0n) is 13.1. The fourth-order valence-electron chi connectivity index (χ4n) is 2.44. The molecule has 0 fully saturated rings. The largest absolute Gasteiger partial charge is 0.478 e. The maximum absolute atomic E-state index is 12.8. The van der Waals surface area contributed by atoms with E-state index in [9.17, 15) is 14.0 Å². The Morgan fingerprint density at radius 1 is 1.25 bits per heavy atom. The van der Waals surface area contributed by atoms with Gasteiger partial charge >= 0.3 is 0 Å². The summed E-state index contributed by atoms with van der Waals surface area (Å²) in [7, 11) is 0. The first-order valence-corrected chi connectivity index (χ1v) is 7.60. The molecule has 0 aromatic heterocycles. The summed E-state index contributed by atoms with van der Waals surface area (Å²) in [6, 6.07) is 11.3. The summed E-state index contributed by atoms with van der Waals surface area (Å²) < 4.78 is 18.5. The topological polar surface area (TPSA) is 67.4 Å². The van der Waals surface area contributed by atoms with E-state index in [-0.39, 0.29) is 30.6 Å². The molecule has 6 heteroatoms. The van der Waals surface area contributed by atoms with E-state index in [0.717, 1.165) is 11.1 Å². The Labute approximate surface area is 138 Å². The highest BCUT2D eigenvalue weighted by molar-refractivity contribution is 6.00. The van der Waals surface area contributed by atoms with Crippen molar-refractivity contribution in [3.05, 3.63) is 59.4 Å². The van der Waals surface area contributed by atoms with Crippen molar-refractivity contribution in [3.8, 4) is 5.75 Å². The molecule has 0 spiro atoms. The van der Waals surface area contributed by atoms with Gasteiger partial charge in [-0.2, -0.15) is 0 Å². The van der Waals surface area contributed by atoms with Gasteiger partial charge in [0.05, 0.1) is 12.1 Å². The quantitative estimate of drug-likeness (QED) is 0.906. The second kappa shape index (κ2) is 6.70. The van der Waals surface area contributed by atoms with Crippen molar-refractivity contribution in [1.82, 2.24) is 5.32 Å². The summed E-state index contributed by atoms with van der Waals surface area (Å²) in [6.07, 6.45) is -0.950. The SMILES string of the molecule is Cc1ccc2c(c1)NC(=O)[C@@H](CC(=O)NCc1ccc(F)cc1)O2. The average molecular weight is 328 g/mol. The van der Waals surface area contributed by atoms with Crippen molar-refractivity contribution in [1.29, 1.82) is 0 Å². The number of aryl methyl sites for hydroxylation is 1. The maximum atomic E-state index is 12.8. The Bertz CT molecular complexity index is 774. The summed E-state index contributed by atoms with van der Waals surface area (Å²) >= 11 is 0. The van der Waals surface area contributed by atoms with Crippen LogP contribution in [0.5, 0.6) is 5.75 Å². The Kier molecular flexibility index (Phi) is 4.46. The third-order valence-corrected chi connectivity index (χ3v) is 3.73. The van der Waals surface area contributed by atoms with Gasteiger partial charge in [-0.25, -0.2) is 4.39 Å². The van der Waals surface area contributed by atoms with Gasteiger partial charge in [0.25, 0.3) is 5.91 Å². The Morgan fingerprint density at radius 2 is 2.00 bits per heavy atom. The van der Waals surface area contributed by atoms with Crippen molar-refractivity contribution in [2.45, 2.75) is 26.0 Å². The van der Waals surface area contributed by atoms with Crippen LogP contribution >= 0.6 is 0 Å². The van der Waals surface area contributed by atoms with Gasteiger partial charge < -0.3 is 15.4 Å². The number of carbonyl (C=O) groups is 2. The molecular weight excluding hydrogens is 311 g/mol. The van der Waals surface area contributed by atoms with Gasteiger partial charge in [0, 0.05) is 6.54 Å². The number of nitrogens with one attached hydrogen (secondary N) is 2. The van der Waals surface area contributed by atoms with Crippen molar-refractivity contribution >= 4 is 17.5 Å². The lowest BCUT2D eigenvalue weighted by molar-refractivity contribution is -0.130. The molecule has 124 valence electrons. The van der Waals surface area contributed by atoms with E-state index in [4.69, 9.17) is 4.74 Å². The third kappa shape index (κ3) is 3.71. The van der Waals surface area contributed by atoms with Crippen LogP contribution in [0.4, 0.5) is 10.1 Å². The number of halogens is 1. The standard InChI is InChI=1S/C18H17FN2O3/c1-11-2-7-15-14(8-11)21-18(23)16(24-15)9-17(22)20-10-12-3-5-13(19)6-4-12/h2-8,16H,9-10H2,1H3,(H,20,22)(H,21,23)/t16-/m1/s1. The molecule has 2 aromatic carbocycles. The molecule has 3 rings (SSSR count). The normalized spacial score (nSPS) is 15.9. The van der Waals surface area contributed by atoms with E-state index in [1.165, 1.54) is 12.1 Å². The molecule has 2 amide bonds. The molecular formula is C18H17FN2O3. The molecule has 0 aliphatic carbocycles. The summed E-state index contributed by atoms with van der Waals surface area (Å²) in [6.45, 7) is 2.19. The molecule has 24 heavy (non-hydrogen) atoms. The van der Waals surface area contributed by atoms with E-state index in [1.54, 1.807) is 18.2 Å². The lowest BCUT2D eigenvalue weighted by atomic mass is 10.1. The third-order valence-electron chi connectivity index (χ3n) is 3.73. The number of hydrogen-bond acceptors (Lipinski definition) is 3. The summed E-state index contributed by atoms with van der Waals surface area (Å²) in [5.41, 5.74) is 2.40. The van der Waals surface area contributed by atoms with Gasteiger partial charge in [-0.1, -0.05) is 18.2 Å². The minimum Gasteiger partial charge on any atom is -0.478 e. The summed E-state index contributed by atoms with van der Waals surface area (Å²) in [5.74, 6) is -0.428. The molecule has 1 aliphatic rings. The lowest BCUT2D eigenvalue weighted by Gasteiger charge is -2.25. The van der Waals surface area contributed by atoms with Crippen molar-refractivity contribution in [2.24, 2.45) is 0 Å². The smallest absolute Gasteiger partial charge is 0.266 e. The number of anilines is 1. The zero-order chi connectivity index (χ0) is 17.1. The molecule has 0 unspecified atom stereocenters. The van der Waals surface area contributed by atoms with Crippen LogP contribution in [0.15, 0.2) is 42.5 Å². The second-order valence-corrected chi connectivity index (χ2v) is 5.70. The number of amides is 2. The fraction of sp³-hybridized carbons (Fsp3) is 0.222. The van der Waals surface area contributed by atoms with Crippen LogP contribution in [0.25, 0.3) is 0 Å². The predicted octanol–water partition coefficient (Wildman–Crippen LogP) is 2.54. The number of rotatable bonds is 4. The second-order valence-electron chi connectivity index (χ2n) is 5.70. The van der Waals surface area contributed by atoms with Gasteiger partial charge in [0.15, 0.2) is 6.10 Å². The van der Waals surface area contributed by atoms with E-state index >= 15 is 0 Å². The summed E-state index contributed by atoms with van der Waals surface area (Å²) in [4.78, 5) is 24.1. The number of carbonyl (C=O) groups excluding carboxylic acids is 2. The highest BCUT2D eigenvalue weighted by Gasteiger charge is 2.29. The summed E-state index contributed by atoms with van der Waals surface area (Å²) in [5, 5.41) is 5.45. The van der Waals surface area contributed by atoms with Crippen LogP contribution in [-0.4, -0.2) is 17.9 Å². The zero-order valence-corrected chi connectivity index (χ0v) is 13.1. The molecule has 1 aliphatic heterocycles. The molecule has 0 saturated heterocycles. The van der Waals surface area contributed by atoms with E-state index in [1.807, 2.05) is 19.1 Å². The van der Waals surface area contributed by atoms with Gasteiger partial charge in [0.1, 0.15) is 11.6 Å². The minimum absolute atomic E-state index is 0.0830. The number of fused-ring (bicyclic) bond motifs is 1. The predicted molar refractivity (Wildman–Crippen MR) is 87.1 cm³/mol. The van der Waals surface area contributed by atoms with Crippen LogP contribution in [0.2, 0.25) is 0 Å². The Balaban J connectivity index is 1.57. The molecule has 0 saturated carbocycles. The van der Waals surface area contributed by atoms with Crippen molar-refractivity contribution in [3.63, 3.8) is 0 Å². The number of hydrogen-bond donors (Lipinski definition) is 2. The van der Waals surface area contributed by atoms with Gasteiger partial charge in [-0.15, -0.1) is 0 Å². The van der Waals surface area contributed by atoms with Crippen LogP contribution in [0.3, 0.4) is 0 Å². The Hall–Kier alpha value is -2.89. The molecule has 1 heterocycles. The van der Waals surface area contributed by atoms with Gasteiger partial charge in [0.2, 0.25) is 5.91 Å². The molecule has 2 N–H and O–H groups in total. The monoisotopic (exact) mass is 328 g/mol. The first-order valence-electron chi connectivity index (χ1n) is 7.60. The molecule has 0 bridgehead atoms. The lowest BCUT2D eigenvalue weighted by Crippen LogP contribution is -2.40. The molecule has 1 atom stereocenters. The molecule has 5 nitrogen and oxygen atoms in total. The highest BCUT2D eigenvalue weighted by Crippen LogP contribution is 2.30. The van der Waals surface area contributed by atoms with Crippen LogP contribution < -0.4 is 15.4 Å².